The van der Waals surface area contributed by atoms with Gasteiger partial charge in [0.25, 0.3) is 0 Å². The summed E-state index contributed by atoms with van der Waals surface area (Å²) in [5, 5.41) is 2.49. The Labute approximate surface area is 76.7 Å². The minimum absolute atomic E-state index is 0.522. The smallest absolute Gasteiger partial charge is 0.316 e. The predicted molar refractivity (Wildman–Crippen MR) is 50.4 cm³/mol. The Morgan fingerprint density at radius 2 is 2.38 bits per heavy atom. The van der Waals surface area contributed by atoms with Crippen molar-refractivity contribution in [3.8, 4) is 0 Å². The van der Waals surface area contributed by atoms with Gasteiger partial charge in [0.2, 0.25) is 0 Å². The first-order chi connectivity index (χ1) is 6.22. The second kappa shape index (κ2) is 4.47. The highest BCUT2D eigenvalue weighted by atomic mass is 16.5. The summed E-state index contributed by atoms with van der Waals surface area (Å²) in [6.45, 7) is 0.522. The largest absolute Gasteiger partial charge is 0.380 e. The van der Waals surface area contributed by atoms with Crippen molar-refractivity contribution in [1.82, 2.24) is 0 Å². The van der Waals surface area contributed by atoms with Crippen LogP contribution in [0.25, 0.3) is 0 Å². The number of anilines is 1. The van der Waals surface area contributed by atoms with Crippen LogP contribution >= 0.6 is 0 Å². The zero-order chi connectivity index (χ0) is 9.68. The van der Waals surface area contributed by atoms with Crippen LogP contribution in [0.1, 0.15) is 5.56 Å². The number of benzene rings is 1. The highest BCUT2D eigenvalue weighted by molar-refractivity contribution is 5.87. The highest BCUT2D eigenvalue weighted by Crippen LogP contribution is 2.10. The Balaban J connectivity index is 2.73. The normalized spacial score (nSPS) is 9.62. The van der Waals surface area contributed by atoms with Crippen molar-refractivity contribution in [2.75, 3.05) is 12.4 Å². The molecule has 0 atom stereocenters. The number of methoxy groups -OCH3 is 1. The first kappa shape index (κ1) is 9.54. The van der Waals surface area contributed by atoms with Gasteiger partial charge in [-0.1, -0.05) is 12.1 Å². The Bertz CT molecular complexity index is 299. The molecule has 0 aliphatic carbocycles. The van der Waals surface area contributed by atoms with E-state index in [2.05, 4.69) is 5.32 Å². The Hall–Kier alpha value is -1.55. The zero-order valence-electron chi connectivity index (χ0n) is 7.41. The maximum Gasteiger partial charge on any atom is 0.316 e. The molecule has 4 nitrogen and oxygen atoms in total. The zero-order valence-corrected chi connectivity index (χ0v) is 7.41. The fraction of sp³-hybridized carbons (Fsp3) is 0.222. The van der Waals surface area contributed by atoms with Crippen LogP contribution in [0, 0.1) is 0 Å². The molecule has 4 heteroatoms. The van der Waals surface area contributed by atoms with Crippen molar-refractivity contribution in [3.63, 3.8) is 0 Å². The van der Waals surface area contributed by atoms with E-state index in [9.17, 15) is 4.79 Å². The first-order valence-corrected chi connectivity index (χ1v) is 3.86. The van der Waals surface area contributed by atoms with Gasteiger partial charge in [-0.2, -0.15) is 0 Å². The van der Waals surface area contributed by atoms with E-state index in [0.29, 0.717) is 12.3 Å². The molecule has 2 amide bonds. The molecule has 0 radical (unpaired) electrons. The average molecular weight is 180 g/mol. The van der Waals surface area contributed by atoms with Gasteiger partial charge in [-0.05, 0) is 17.7 Å². The summed E-state index contributed by atoms with van der Waals surface area (Å²) in [7, 11) is 1.62. The molecule has 3 N–H and O–H groups in total. The van der Waals surface area contributed by atoms with Gasteiger partial charge in [0.15, 0.2) is 0 Å². The monoisotopic (exact) mass is 180 g/mol. The van der Waals surface area contributed by atoms with Crippen molar-refractivity contribution >= 4 is 11.7 Å². The van der Waals surface area contributed by atoms with Gasteiger partial charge in [0.05, 0.1) is 6.61 Å². The summed E-state index contributed by atoms with van der Waals surface area (Å²) in [6.07, 6.45) is 0. The van der Waals surface area contributed by atoms with E-state index < -0.39 is 6.03 Å². The van der Waals surface area contributed by atoms with Crippen LogP contribution in [-0.4, -0.2) is 13.1 Å². The van der Waals surface area contributed by atoms with Crippen molar-refractivity contribution < 1.29 is 9.53 Å². The van der Waals surface area contributed by atoms with Crippen LogP contribution in [0.5, 0.6) is 0 Å². The first-order valence-electron chi connectivity index (χ1n) is 3.86. The molecule has 1 aromatic rings. The number of amides is 2. The molecular formula is C9H12N2O2. The van der Waals surface area contributed by atoms with Crippen LogP contribution in [0.3, 0.4) is 0 Å². The Morgan fingerprint density at radius 3 is 3.00 bits per heavy atom. The number of nitrogens with one attached hydrogen (secondary N) is 1. The SMILES string of the molecule is COCc1cccc(NC(N)=O)c1. The molecule has 13 heavy (non-hydrogen) atoms. The van der Waals surface area contributed by atoms with Crippen LogP contribution in [0.15, 0.2) is 24.3 Å². The number of hydrogen-bond acceptors (Lipinski definition) is 2. The molecule has 0 aliphatic heterocycles. The Morgan fingerprint density at radius 1 is 1.62 bits per heavy atom. The maximum atomic E-state index is 10.5. The number of ether oxygens (including phenoxy) is 1. The van der Waals surface area contributed by atoms with Gasteiger partial charge < -0.3 is 15.8 Å². The van der Waals surface area contributed by atoms with Crippen LogP contribution in [-0.2, 0) is 11.3 Å². The third kappa shape index (κ3) is 3.13. The average Bonchev–Trinajstić information content (AvgIpc) is 2.04. The summed E-state index contributed by atoms with van der Waals surface area (Å²) in [6, 6.07) is 6.77. The number of urea groups is 1. The van der Waals surface area contributed by atoms with Gasteiger partial charge in [0.1, 0.15) is 0 Å². The Kier molecular flexibility index (Phi) is 3.28. The molecule has 1 rings (SSSR count). The number of rotatable bonds is 3. The quantitative estimate of drug-likeness (QED) is 0.736. The predicted octanol–water partition coefficient (Wildman–Crippen LogP) is 1.32. The van der Waals surface area contributed by atoms with Gasteiger partial charge in [0, 0.05) is 12.8 Å². The van der Waals surface area contributed by atoms with Crippen molar-refractivity contribution in [1.29, 1.82) is 0 Å². The molecule has 0 fully saturated rings. The van der Waals surface area contributed by atoms with Gasteiger partial charge in [-0.15, -0.1) is 0 Å². The van der Waals surface area contributed by atoms with Crippen molar-refractivity contribution in [3.05, 3.63) is 29.8 Å². The third-order valence-electron chi connectivity index (χ3n) is 1.51. The molecule has 0 bridgehead atoms. The van der Waals surface area contributed by atoms with E-state index in [1.807, 2.05) is 18.2 Å². The fourth-order valence-corrected chi connectivity index (χ4v) is 1.05. The van der Waals surface area contributed by atoms with Crippen LogP contribution in [0.2, 0.25) is 0 Å². The second-order valence-electron chi connectivity index (χ2n) is 2.62. The molecule has 70 valence electrons. The summed E-state index contributed by atoms with van der Waals surface area (Å²) in [4.78, 5) is 10.5. The molecule has 0 saturated carbocycles. The number of carbonyl (C=O) groups is 1. The van der Waals surface area contributed by atoms with E-state index in [1.165, 1.54) is 0 Å². The summed E-state index contributed by atoms with van der Waals surface area (Å²) >= 11 is 0. The molecule has 0 aromatic heterocycles. The molecule has 0 aliphatic rings. The molecule has 0 spiro atoms. The number of hydrogen-bond donors (Lipinski definition) is 2. The lowest BCUT2D eigenvalue weighted by Gasteiger charge is -2.04. The molecule has 1 aromatic carbocycles. The van der Waals surface area contributed by atoms with E-state index in [4.69, 9.17) is 10.5 Å². The lowest BCUT2D eigenvalue weighted by Crippen LogP contribution is -2.19. The van der Waals surface area contributed by atoms with Gasteiger partial charge in [-0.25, -0.2) is 4.79 Å². The topological polar surface area (TPSA) is 64.3 Å². The minimum Gasteiger partial charge on any atom is -0.380 e. The second-order valence-corrected chi connectivity index (χ2v) is 2.62. The highest BCUT2D eigenvalue weighted by Gasteiger charge is 1.97. The molecular weight excluding hydrogens is 168 g/mol. The number of primary amides is 1. The van der Waals surface area contributed by atoms with E-state index in [1.54, 1.807) is 13.2 Å². The fourth-order valence-electron chi connectivity index (χ4n) is 1.05. The van der Waals surface area contributed by atoms with E-state index in [-0.39, 0.29) is 0 Å². The van der Waals surface area contributed by atoms with E-state index >= 15 is 0 Å². The minimum atomic E-state index is -0.561. The summed E-state index contributed by atoms with van der Waals surface area (Å²) in [5.74, 6) is 0. The maximum absolute atomic E-state index is 10.5. The number of nitrogens with two attached hydrogens (primary N) is 1. The molecule has 0 heterocycles. The van der Waals surface area contributed by atoms with E-state index in [0.717, 1.165) is 5.56 Å². The summed E-state index contributed by atoms with van der Waals surface area (Å²) in [5.41, 5.74) is 6.64. The number of carbonyl (C=O) groups excluding carboxylic acids is 1. The third-order valence-corrected chi connectivity index (χ3v) is 1.51. The van der Waals surface area contributed by atoms with Crippen molar-refractivity contribution in [2.24, 2.45) is 5.73 Å². The van der Waals surface area contributed by atoms with Gasteiger partial charge in [-0.3, -0.25) is 0 Å². The van der Waals surface area contributed by atoms with Crippen LogP contribution in [0.4, 0.5) is 10.5 Å². The standard InChI is InChI=1S/C9H12N2O2/c1-13-6-7-3-2-4-8(5-7)11-9(10)12/h2-5H,6H2,1H3,(H3,10,11,12). The van der Waals surface area contributed by atoms with Crippen LogP contribution < -0.4 is 11.1 Å². The molecule has 0 unspecified atom stereocenters. The van der Waals surface area contributed by atoms with Crippen molar-refractivity contribution in [2.45, 2.75) is 6.61 Å². The van der Waals surface area contributed by atoms with Gasteiger partial charge >= 0.3 is 6.03 Å². The lowest BCUT2D eigenvalue weighted by molar-refractivity contribution is 0.185. The lowest BCUT2D eigenvalue weighted by atomic mass is 10.2. The molecule has 0 saturated heterocycles. The summed E-state index contributed by atoms with van der Waals surface area (Å²) < 4.78 is 4.94.